The van der Waals surface area contributed by atoms with Gasteiger partial charge < -0.3 is 9.84 Å². The van der Waals surface area contributed by atoms with Crippen LogP contribution in [0, 0.1) is 24.0 Å². The number of benzene rings is 1. The third kappa shape index (κ3) is 3.14. The lowest BCUT2D eigenvalue weighted by Crippen LogP contribution is -2.00. The summed E-state index contributed by atoms with van der Waals surface area (Å²) in [5.74, 6) is -0.353. The molecule has 1 heterocycles. The Bertz CT molecular complexity index is 727. The highest BCUT2D eigenvalue weighted by molar-refractivity contribution is 5.89. The summed E-state index contributed by atoms with van der Waals surface area (Å²) in [4.78, 5) is 24.9. The van der Waals surface area contributed by atoms with Crippen molar-refractivity contribution in [2.45, 2.75) is 13.8 Å². The first-order chi connectivity index (χ1) is 9.88. The van der Waals surface area contributed by atoms with Crippen LogP contribution < -0.4 is 4.74 Å². The quantitative estimate of drug-likeness (QED) is 0.685. The van der Waals surface area contributed by atoms with Crippen LogP contribution in [0.4, 0.5) is 5.69 Å². The molecule has 0 bridgehead atoms. The highest BCUT2D eigenvalue weighted by atomic mass is 16.6. The standard InChI is InChI=1S/C14H12N2O5/c1-8-6-11(3-4-12(8)14(17)18)21-13-9(2)5-10(7-15-13)16(19)20/h3-7H,1-2H3,(H,17,18). The Morgan fingerprint density at radius 1 is 1.29 bits per heavy atom. The molecule has 21 heavy (non-hydrogen) atoms. The molecular formula is C14H12N2O5. The number of ether oxygens (including phenoxy) is 1. The molecule has 0 saturated heterocycles. The summed E-state index contributed by atoms with van der Waals surface area (Å²) in [6.07, 6.45) is 1.11. The molecule has 0 aliphatic heterocycles. The predicted octanol–water partition coefficient (Wildman–Crippen LogP) is 3.10. The van der Waals surface area contributed by atoms with Gasteiger partial charge in [-0.15, -0.1) is 0 Å². The van der Waals surface area contributed by atoms with Crippen molar-refractivity contribution in [3.8, 4) is 11.6 Å². The van der Waals surface area contributed by atoms with Gasteiger partial charge in [0.15, 0.2) is 0 Å². The number of carboxylic acids is 1. The predicted molar refractivity (Wildman–Crippen MR) is 73.8 cm³/mol. The van der Waals surface area contributed by atoms with E-state index in [1.807, 2.05) is 0 Å². The lowest BCUT2D eigenvalue weighted by molar-refractivity contribution is -0.385. The van der Waals surface area contributed by atoms with Crippen molar-refractivity contribution in [1.29, 1.82) is 0 Å². The largest absolute Gasteiger partial charge is 0.478 e. The van der Waals surface area contributed by atoms with Gasteiger partial charge >= 0.3 is 5.97 Å². The third-order valence-electron chi connectivity index (χ3n) is 2.87. The van der Waals surface area contributed by atoms with Crippen molar-refractivity contribution in [3.05, 3.63) is 57.3 Å². The number of hydrogen-bond acceptors (Lipinski definition) is 5. The smallest absolute Gasteiger partial charge is 0.335 e. The van der Waals surface area contributed by atoms with Crippen molar-refractivity contribution in [1.82, 2.24) is 4.98 Å². The van der Waals surface area contributed by atoms with Crippen LogP contribution in [0.2, 0.25) is 0 Å². The van der Waals surface area contributed by atoms with Crippen LogP contribution >= 0.6 is 0 Å². The van der Waals surface area contributed by atoms with E-state index in [-0.39, 0.29) is 17.1 Å². The summed E-state index contributed by atoms with van der Waals surface area (Å²) in [6.45, 7) is 3.31. The van der Waals surface area contributed by atoms with E-state index in [0.717, 1.165) is 6.20 Å². The molecule has 0 saturated carbocycles. The maximum atomic E-state index is 10.9. The summed E-state index contributed by atoms with van der Waals surface area (Å²) >= 11 is 0. The van der Waals surface area contributed by atoms with Gasteiger partial charge in [-0.1, -0.05) is 0 Å². The minimum atomic E-state index is -1.01. The van der Waals surface area contributed by atoms with Gasteiger partial charge in [-0.25, -0.2) is 9.78 Å². The monoisotopic (exact) mass is 288 g/mol. The van der Waals surface area contributed by atoms with Crippen LogP contribution in [-0.2, 0) is 0 Å². The normalized spacial score (nSPS) is 10.2. The first-order valence-electron chi connectivity index (χ1n) is 6.01. The Hall–Kier alpha value is -2.96. The van der Waals surface area contributed by atoms with E-state index < -0.39 is 10.9 Å². The zero-order chi connectivity index (χ0) is 15.6. The first kappa shape index (κ1) is 14.4. The van der Waals surface area contributed by atoms with Crippen LogP contribution in [0.5, 0.6) is 11.6 Å². The summed E-state index contributed by atoms with van der Waals surface area (Å²) < 4.78 is 5.53. The number of hydrogen-bond donors (Lipinski definition) is 1. The summed E-state index contributed by atoms with van der Waals surface area (Å²) in [5.41, 5.74) is 1.15. The van der Waals surface area contributed by atoms with Gasteiger partial charge in [0, 0.05) is 11.6 Å². The van der Waals surface area contributed by atoms with E-state index in [0.29, 0.717) is 16.9 Å². The van der Waals surface area contributed by atoms with Gasteiger partial charge in [-0.2, -0.15) is 0 Å². The number of rotatable bonds is 4. The van der Waals surface area contributed by atoms with E-state index in [1.54, 1.807) is 19.9 Å². The van der Waals surface area contributed by atoms with Crippen LogP contribution in [0.15, 0.2) is 30.5 Å². The van der Waals surface area contributed by atoms with Crippen molar-refractivity contribution >= 4 is 11.7 Å². The molecule has 2 aromatic rings. The van der Waals surface area contributed by atoms with Gasteiger partial charge in [0.1, 0.15) is 11.9 Å². The second-order valence-electron chi connectivity index (χ2n) is 4.46. The van der Waals surface area contributed by atoms with Crippen molar-refractivity contribution in [2.24, 2.45) is 0 Å². The second-order valence-corrected chi connectivity index (χ2v) is 4.46. The molecule has 1 aromatic heterocycles. The molecule has 2 rings (SSSR count). The van der Waals surface area contributed by atoms with Gasteiger partial charge in [0.05, 0.1) is 10.5 Å². The summed E-state index contributed by atoms with van der Waals surface area (Å²) in [5, 5.41) is 19.6. The van der Waals surface area contributed by atoms with Gasteiger partial charge in [0.2, 0.25) is 5.88 Å². The Morgan fingerprint density at radius 2 is 2.00 bits per heavy atom. The molecule has 1 aromatic carbocycles. The molecule has 108 valence electrons. The average Bonchev–Trinajstić information content (AvgIpc) is 2.40. The minimum Gasteiger partial charge on any atom is -0.478 e. The average molecular weight is 288 g/mol. The molecule has 1 N–H and O–H groups in total. The maximum absolute atomic E-state index is 10.9. The molecule has 0 radical (unpaired) electrons. The lowest BCUT2D eigenvalue weighted by Gasteiger charge is -2.09. The maximum Gasteiger partial charge on any atom is 0.335 e. The van der Waals surface area contributed by atoms with Gasteiger partial charge in [-0.3, -0.25) is 10.1 Å². The Morgan fingerprint density at radius 3 is 2.52 bits per heavy atom. The lowest BCUT2D eigenvalue weighted by atomic mass is 10.1. The fraction of sp³-hybridized carbons (Fsp3) is 0.143. The highest BCUT2D eigenvalue weighted by Crippen LogP contribution is 2.26. The Labute approximate surface area is 120 Å². The van der Waals surface area contributed by atoms with Crippen molar-refractivity contribution in [2.75, 3.05) is 0 Å². The molecule has 0 amide bonds. The molecule has 0 unspecified atom stereocenters. The summed E-state index contributed by atoms with van der Waals surface area (Å²) in [6, 6.07) is 5.89. The number of pyridine rings is 1. The number of aryl methyl sites for hydroxylation is 2. The zero-order valence-corrected chi connectivity index (χ0v) is 11.4. The zero-order valence-electron chi connectivity index (χ0n) is 11.4. The molecular weight excluding hydrogens is 276 g/mol. The third-order valence-corrected chi connectivity index (χ3v) is 2.87. The number of carboxylic acid groups (broad SMARTS) is 1. The van der Waals surface area contributed by atoms with Crippen molar-refractivity contribution in [3.63, 3.8) is 0 Å². The Kier molecular flexibility index (Phi) is 3.84. The number of nitrogens with zero attached hydrogens (tertiary/aromatic N) is 2. The molecule has 0 spiro atoms. The van der Waals surface area contributed by atoms with E-state index in [9.17, 15) is 14.9 Å². The van der Waals surface area contributed by atoms with Crippen molar-refractivity contribution < 1.29 is 19.6 Å². The number of aromatic carboxylic acids is 1. The summed E-state index contributed by atoms with van der Waals surface area (Å²) in [7, 11) is 0. The topological polar surface area (TPSA) is 103 Å². The second kappa shape index (κ2) is 5.58. The van der Waals surface area contributed by atoms with Crippen LogP contribution in [-0.4, -0.2) is 21.0 Å². The van der Waals surface area contributed by atoms with E-state index in [2.05, 4.69) is 4.98 Å². The van der Waals surface area contributed by atoms with Crippen LogP contribution in [0.3, 0.4) is 0 Å². The van der Waals surface area contributed by atoms with Crippen LogP contribution in [0.25, 0.3) is 0 Å². The molecule has 7 heteroatoms. The van der Waals surface area contributed by atoms with Crippen LogP contribution in [0.1, 0.15) is 21.5 Å². The highest BCUT2D eigenvalue weighted by Gasteiger charge is 2.12. The van der Waals surface area contributed by atoms with E-state index in [4.69, 9.17) is 9.84 Å². The Balaban J connectivity index is 2.28. The molecule has 0 fully saturated rings. The van der Waals surface area contributed by atoms with Gasteiger partial charge in [0.25, 0.3) is 5.69 Å². The fourth-order valence-electron chi connectivity index (χ4n) is 1.81. The molecule has 0 atom stereocenters. The minimum absolute atomic E-state index is 0.114. The first-order valence-corrected chi connectivity index (χ1v) is 6.01. The molecule has 7 nitrogen and oxygen atoms in total. The number of aromatic nitrogens is 1. The molecule has 0 aliphatic rings. The van der Waals surface area contributed by atoms with E-state index in [1.165, 1.54) is 18.2 Å². The van der Waals surface area contributed by atoms with E-state index >= 15 is 0 Å². The molecule has 0 aliphatic carbocycles. The fourth-order valence-corrected chi connectivity index (χ4v) is 1.81. The van der Waals surface area contributed by atoms with Gasteiger partial charge in [-0.05, 0) is 37.6 Å². The number of nitro groups is 1. The SMILES string of the molecule is Cc1cc(Oc2ncc([N+](=O)[O-])cc2C)ccc1C(=O)O. The number of carbonyl (C=O) groups is 1.